The second-order valence-corrected chi connectivity index (χ2v) is 5.20. The number of ether oxygens (including phenoxy) is 1. The van der Waals surface area contributed by atoms with E-state index >= 15 is 0 Å². The molecule has 0 amide bonds. The number of nitrogens with zero attached hydrogens (tertiary/aromatic N) is 2. The minimum Gasteiger partial charge on any atom is -0.392 e. The van der Waals surface area contributed by atoms with Crippen molar-refractivity contribution in [3.8, 4) is 0 Å². The van der Waals surface area contributed by atoms with Gasteiger partial charge in [0, 0.05) is 26.3 Å². The van der Waals surface area contributed by atoms with Gasteiger partial charge in [-0.1, -0.05) is 6.07 Å². The number of benzene rings is 1. The summed E-state index contributed by atoms with van der Waals surface area (Å²) in [5, 5.41) is 20.2. The second kappa shape index (κ2) is 6.67. The fourth-order valence-corrected chi connectivity index (χ4v) is 2.57. The lowest BCUT2D eigenvalue weighted by Crippen LogP contribution is -2.31. The summed E-state index contributed by atoms with van der Waals surface area (Å²) >= 11 is 0. The van der Waals surface area contributed by atoms with Gasteiger partial charge < -0.3 is 14.7 Å². The molecule has 1 heterocycles. The predicted molar refractivity (Wildman–Crippen MR) is 75.8 cm³/mol. The Kier molecular flexibility index (Phi) is 4.92. The number of aliphatic hydroxyl groups is 1. The van der Waals surface area contributed by atoms with E-state index in [0.717, 1.165) is 26.0 Å². The molecule has 1 N–H and O–H groups in total. The maximum Gasteiger partial charge on any atom is 0.292 e. The van der Waals surface area contributed by atoms with Crippen molar-refractivity contribution in [3.05, 3.63) is 33.9 Å². The van der Waals surface area contributed by atoms with Gasteiger partial charge in [-0.05, 0) is 30.4 Å². The Bertz CT molecular complexity index is 472. The number of hydrogen-bond acceptors (Lipinski definition) is 5. The van der Waals surface area contributed by atoms with Crippen molar-refractivity contribution in [1.82, 2.24) is 0 Å². The molecule has 6 nitrogen and oxygen atoms in total. The van der Waals surface area contributed by atoms with Gasteiger partial charge in [0.25, 0.3) is 5.69 Å². The van der Waals surface area contributed by atoms with Crippen LogP contribution in [0.3, 0.4) is 0 Å². The van der Waals surface area contributed by atoms with Crippen molar-refractivity contribution in [3.63, 3.8) is 0 Å². The van der Waals surface area contributed by atoms with Crippen LogP contribution < -0.4 is 4.90 Å². The van der Waals surface area contributed by atoms with E-state index in [2.05, 4.69) is 0 Å². The molecule has 2 rings (SSSR count). The molecule has 20 heavy (non-hydrogen) atoms. The minimum absolute atomic E-state index is 0.0378. The van der Waals surface area contributed by atoms with Crippen LogP contribution in [-0.2, 0) is 11.3 Å². The number of anilines is 1. The lowest BCUT2D eigenvalue weighted by atomic mass is 10.0. The van der Waals surface area contributed by atoms with Crippen molar-refractivity contribution in [1.29, 1.82) is 0 Å². The van der Waals surface area contributed by atoms with Gasteiger partial charge in [0.05, 0.1) is 18.1 Å². The zero-order valence-corrected chi connectivity index (χ0v) is 11.6. The third-order valence-electron chi connectivity index (χ3n) is 3.62. The number of rotatable bonds is 5. The van der Waals surface area contributed by atoms with Crippen LogP contribution in [0.1, 0.15) is 18.4 Å². The zero-order chi connectivity index (χ0) is 14.5. The van der Waals surface area contributed by atoms with E-state index in [1.165, 1.54) is 6.07 Å². The fraction of sp³-hybridized carbons (Fsp3) is 0.571. The summed E-state index contributed by atoms with van der Waals surface area (Å²) < 4.78 is 5.44. The van der Waals surface area contributed by atoms with E-state index in [1.54, 1.807) is 12.1 Å². The molecule has 1 aromatic rings. The molecule has 1 saturated heterocycles. The fourth-order valence-electron chi connectivity index (χ4n) is 2.57. The molecule has 0 radical (unpaired) electrons. The van der Waals surface area contributed by atoms with Crippen LogP contribution in [0.15, 0.2) is 18.2 Å². The smallest absolute Gasteiger partial charge is 0.292 e. The lowest BCUT2D eigenvalue weighted by molar-refractivity contribution is -0.384. The van der Waals surface area contributed by atoms with Crippen molar-refractivity contribution in [2.45, 2.75) is 19.4 Å². The molecule has 0 aromatic heterocycles. The summed E-state index contributed by atoms with van der Waals surface area (Å²) in [5.74, 6) is 0.408. The molecule has 110 valence electrons. The van der Waals surface area contributed by atoms with Crippen molar-refractivity contribution in [2.24, 2.45) is 5.92 Å². The first-order chi connectivity index (χ1) is 9.61. The molecule has 1 fully saturated rings. The molecule has 0 aliphatic carbocycles. The van der Waals surface area contributed by atoms with Crippen LogP contribution in [0.2, 0.25) is 0 Å². The molecule has 1 aliphatic heterocycles. The topological polar surface area (TPSA) is 75.8 Å². The Labute approximate surface area is 118 Å². The summed E-state index contributed by atoms with van der Waals surface area (Å²) in [6, 6.07) is 4.85. The van der Waals surface area contributed by atoms with Gasteiger partial charge in [0.15, 0.2) is 0 Å². The standard InChI is InChI=1S/C14H20N2O4/c1-15(8-12-3-2-6-20-10-12)13-5-4-11(9-17)7-14(13)16(18)19/h4-5,7,12,17H,2-3,6,8-10H2,1H3. The maximum absolute atomic E-state index is 11.2. The molecular weight excluding hydrogens is 260 g/mol. The second-order valence-electron chi connectivity index (χ2n) is 5.20. The van der Waals surface area contributed by atoms with E-state index in [0.29, 0.717) is 23.8 Å². The maximum atomic E-state index is 11.2. The van der Waals surface area contributed by atoms with E-state index in [9.17, 15) is 10.1 Å². The van der Waals surface area contributed by atoms with Gasteiger partial charge in [-0.25, -0.2) is 0 Å². The van der Waals surface area contributed by atoms with Crippen LogP contribution in [0, 0.1) is 16.0 Å². The third kappa shape index (κ3) is 3.46. The molecule has 1 atom stereocenters. The summed E-state index contributed by atoms with van der Waals surface area (Å²) in [5.41, 5.74) is 1.17. The highest BCUT2D eigenvalue weighted by Crippen LogP contribution is 2.29. The van der Waals surface area contributed by atoms with E-state index in [-0.39, 0.29) is 12.3 Å². The number of nitro groups is 1. The normalized spacial score (nSPS) is 18.8. The third-order valence-corrected chi connectivity index (χ3v) is 3.62. The van der Waals surface area contributed by atoms with Crippen LogP contribution in [0.25, 0.3) is 0 Å². The summed E-state index contributed by atoms with van der Waals surface area (Å²) in [7, 11) is 1.86. The van der Waals surface area contributed by atoms with Gasteiger partial charge >= 0.3 is 0 Å². The average Bonchev–Trinajstić information content (AvgIpc) is 2.47. The minimum atomic E-state index is -0.400. The first kappa shape index (κ1) is 14.7. The Morgan fingerprint density at radius 1 is 1.55 bits per heavy atom. The first-order valence-electron chi connectivity index (χ1n) is 6.79. The lowest BCUT2D eigenvalue weighted by Gasteiger charge is -2.28. The molecule has 0 spiro atoms. The van der Waals surface area contributed by atoms with Crippen molar-refractivity contribution in [2.75, 3.05) is 31.7 Å². The highest BCUT2D eigenvalue weighted by molar-refractivity contribution is 5.64. The Balaban J connectivity index is 2.15. The highest BCUT2D eigenvalue weighted by atomic mass is 16.6. The van der Waals surface area contributed by atoms with Gasteiger partial charge in [0.1, 0.15) is 5.69 Å². The van der Waals surface area contributed by atoms with Crippen molar-refractivity contribution >= 4 is 11.4 Å². The quantitative estimate of drug-likeness (QED) is 0.659. The highest BCUT2D eigenvalue weighted by Gasteiger charge is 2.21. The molecule has 0 saturated carbocycles. The molecule has 6 heteroatoms. The van der Waals surface area contributed by atoms with Crippen molar-refractivity contribution < 1.29 is 14.8 Å². The number of hydrogen-bond donors (Lipinski definition) is 1. The predicted octanol–water partition coefficient (Wildman–Crippen LogP) is 1.95. The SMILES string of the molecule is CN(CC1CCCOC1)c1ccc(CO)cc1[N+](=O)[O-]. The zero-order valence-electron chi connectivity index (χ0n) is 11.6. The van der Waals surface area contributed by atoms with Crippen LogP contribution >= 0.6 is 0 Å². The Morgan fingerprint density at radius 2 is 2.35 bits per heavy atom. The van der Waals surface area contributed by atoms with Gasteiger partial charge in [0.2, 0.25) is 0 Å². The molecule has 1 aromatic carbocycles. The van der Waals surface area contributed by atoms with E-state index < -0.39 is 4.92 Å². The van der Waals surface area contributed by atoms with E-state index in [1.807, 2.05) is 11.9 Å². The largest absolute Gasteiger partial charge is 0.392 e. The molecule has 1 aliphatic rings. The number of aliphatic hydroxyl groups excluding tert-OH is 1. The van der Waals surface area contributed by atoms with Crippen LogP contribution in [0.4, 0.5) is 11.4 Å². The molecule has 1 unspecified atom stereocenters. The Morgan fingerprint density at radius 3 is 2.95 bits per heavy atom. The molecule has 0 bridgehead atoms. The average molecular weight is 280 g/mol. The molecular formula is C14H20N2O4. The van der Waals surface area contributed by atoms with E-state index in [4.69, 9.17) is 9.84 Å². The Hall–Kier alpha value is -1.66. The van der Waals surface area contributed by atoms with Gasteiger partial charge in [-0.2, -0.15) is 0 Å². The summed E-state index contributed by atoms with van der Waals surface area (Å²) in [4.78, 5) is 12.7. The summed E-state index contributed by atoms with van der Waals surface area (Å²) in [6.07, 6.45) is 2.14. The van der Waals surface area contributed by atoms with Gasteiger partial charge in [-0.15, -0.1) is 0 Å². The summed E-state index contributed by atoms with van der Waals surface area (Å²) in [6.45, 7) is 2.07. The van der Waals surface area contributed by atoms with Crippen LogP contribution in [0.5, 0.6) is 0 Å². The first-order valence-corrected chi connectivity index (χ1v) is 6.79. The van der Waals surface area contributed by atoms with Crippen LogP contribution in [-0.4, -0.2) is 36.8 Å². The monoisotopic (exact) mass is 280 g/mol. The number of nitro benzene ring substituents is 1. The van der Waals surface area contributed by atoms with Gasteiger partial charge in [-0.3, -0.25) is 10.1 Å².